The molecule has 0 unspecified atom stereocenters. The summed E-state index contributed by atoms with van der Waals surface area (Å²) in [6.45, 7) is 1.49. The number of nitrogens with zero attached hydrogens (tertiary/aromatic N) is 2. The van der Waals surface area contributed by atoms with Crippen LogP contribution in [-0.4, -0.2) is 39.9 Å². The van der Waals surface area contributed by atoms with Gasteiger partial charge >= 0.3 is 0 Å². The Morgan fingerprint density at radius 2 is 2.22 bits per heavy atom. The summed E-state index contributed by atoms with van der Waals surface area (Å²) in [6, 6.07) is 12.0. The number of hydrogen-bond acceptors (Lipinski definition) is 3. The fourth-order valence-corrected chi connectivity index (χ4v) is 3.19. The van der Waals surface area contributed by atoms with E-state index in [0.29, 0.717) is 6.54 Å². The van der Waals surface area contributed by atoms with Crippen LogP contribution in [0.2, 0.25) is 0 Å². The van der Waals surface area contributed by atoms with Crippen molar-refractivity contribution in [2.75, 3.05) is 18.4 Å². The largest absolute Gasteiger partial charge is 0.379 e. The molecule has 1 aromatic carbocycles. The highest BCUT2D eigenvalue weighted by molar-refractivity contribution is 6.06. The van der Waals surface area contributed by atoms with Gasteiger partial charge in [-0.3, -0.25) is 9.78 Å². The quantitative estimate of drug-likeness (QED) is 0.782. The van der Waals surface area contributed by atoms with Crippen molar-refractivity contribution < 1.29 is 4.79 Å². The van der Waals surface area contributed by atoms with Crippen molar-refractivity contribution in [3.8, 4) is 0 Å². The van der Waals surface area contributed by atoms with Crippen molar-refractivity contribution in [2.45, 2.75) is 12.5 Å². The summed E-state index contributed by atoms with van der Waals surface area (Å²) in [5.41, 5.74) is 2.77. The third-order valence-corrected chi connectivity index (χ3v) is 4.33. The maximum Gasteiger partial charge on any atom is 0.254 e. The smallest absolute Gasteiger partial charge is 0.254 e. The van der Waals surface area contributed by atoms with Gasteiger partial charge in [0, 0.05) is 54.2 Å². The zero-order chi connectivity index (χ0) is 15.6. The number of likely N-dealkylation sites (tertiary alicyclic amines) is 1. The second-order valence-corrected chi connectivity index (χ2v) is 5.87. The van der Waals surface area contributed by atoms with Gasteiger partial charge in [-0.25, -0.2) is 0 Å². The molecule has 0 bridgehead atoms. The van der Waals surface area contributed by atoms with E-state index in [1.165, 1.54) is 0 Å². The van der Waals surface area contributed by atoms with Gasteiger partial charge in [-0.05, 0) is 36.8 Å². The monoisotopic (exact) mass is 306 g/mol. The molecule has 0 spiro atoms. The molecule has 1 atom stereocenters. The zero-order valence-corrected chi connectivity index (χ0v) is 12.7. The van der Waals surface area contributed by atoms with Gasteiger partial charge in [0.15, 0.2) is 0 Å². The third-order valence-electron chi connectivity index (χ3n) is 4.33. The highest BCUT2D eigenvalue weighted by Gasteiger charge is 2.27. The van der Waals surface area contributed by atoms with E-state index in [1.807, 2.05) is 53.7 Å². The summed E-state index contributed by atoms with van der Waals surface area (Å²) in [4.78, 5) is 22.0. The molecule has 5 nitrogen and oxygen atoms in total. The Hall–Kier alpha value is -2.82. The van der Waals surface area contributed by atoms with Gasteiger partial charge in [0.2, 0.25) is 0 Å². The molecule has 0 radical (unpaired) electrons. The molecule has 23 heavy (non-hydrogen) atoms. The van der Waals surface area contributed by atoms with Gasteiger partial charge in [-0.2, -0.15) is 0 Å². The highest BCUT2D eigenvalue weighted by atomic mass is 16.2. The van der Waals surface area contributed by atoms with E-state index in [9.17, 15) is 4.79 Å². The number of carbonyl (C=O) groups is 1. The molecule has 3 aromatic rings. The number of hydrogen-bond donors (Lipinski definition) is 2. The predicted molar refractivity (Wildman–Crippen MR) is 90.5 cm³/mol. The van der Waals surface area contributed by atoms with Crippen LogP contribution in [0.5, 0.6) is 0 Å². The summed E-state index contributed by atoms with van der Waals surface area (Å²) < 4.78 is 0. The molecule has 0 saturated carbocycles. The number of nitrogens with one attached hydrogen (secondary N) is 2. The first-order valence-corrected chi connectivity index (χ1v) is 7.83. The van der Waals surface area contributed by atoms with Gasteiger partial charge in [0.25, 0.3) is 5.91 Å². The Bertz CT molecular complexity index is 827. The second kappa shape index (κ2) is 5.76. The number of aromatic amines is 1. The number of amides is 1. The number of carbonyl (C=O) groups excluding carboxylic acids is 1. The molecule has 1 saturated heterocycles. The molecule has 1 fully saturated rings. The number of H-pyrrole nitrogens is 1. The molecule has 1 aliphatic rings. The Morgan fingerprint density at radius 3 is 3.09 bits per heavy atom. The lowest BCUT2D eigenvalue weighted by molar-refractivity contribution is 0.0793. The number of aromatic nitrogens is 2. The first kappa shape index (κ1) is 13.8. The minimum atomic E-state index is 0.102. The second-order valence-electron chi connectivity index (χ2n) is 5.87. The van der Waals surface area contributed by atoms with E-state index < -0.39 is 0 Å². The minimum Gasteiger partial charge on any atom is -0.379 e. The normalized spacial score (nSPS) is 17.6. The summed E-state index contributed by atoms with van der Waals surface area (Å²) in [6.07, 6.45) is 6.39. The average Bonchev–Trinajstić information content (AvgIpc) is 3.24. The fraction of sp³-hybridized carbons (Fsp3) is 0.222. The predicted octanol–water partition coefficient (Wildman–Crippen LogP) is 2.89. The van der Waals surface area contributed by atoms with E-state index >= 15 is 0 Å². The van der Waals surface area contributed by atoms with E-state index in [2.05, 4.69) is 15.3 Å². The molecule has 2 N–H and O–H groups in total. The van der Waals surface area contributed by atoms with Crippen LogP contribution in [0.15, 0.2) is 55.0 Å². The van der Waals surface area contributed by atoms with Gasteiger partial charge in [-0.1, -0.05) is 6.07 Å². The number of benzene rings is 1. The number of fused-ring (bicyclic) bond motifs is 1. The Labute approximate surface area is 134 Å². The number of pyridine rings is 1. The maximum absolute atomic E-state index is 12.8. The van der Waals surface area contributed by atoms with Gasteiger partial charge in [0.05, 0.1) is 5.69 Å². The Kier molecular flexibility index (Phi) is 3.46. The summed E-state index contributed by atoms with van der Waals surface area (Å²) >= 11 is 0. The first-order chi connectivity index (χ1) is 11.3. The van der Waals surface area contributed by atoms with Crippen LogP contribution in [-0.2, 0) is 0 Å². The molecular formula is C18H18N4O. The van der Waals surface area contributed by atoms with Crippen LogP contribution >= 0.6 is 0 Å². The van der Waals surface area contributed by atoms with Crippen LogP contribution in [0.4, 0.5) is 5.69 Å². The van der Waals surface area contributed by atoms with Crippen molar-refractivity contribution in [2.24, 2.45) is 0 Å². The van der Waals surface area contributed by atoms with Crippen LogP contribution in [0.3, 0.4) is 0 Å². The highest BCUT2D eigenvalue weighted by Crippen LogP contribution is 2.22. The van der Waals surface area contributed by atoms with E-state index in [1.54, 1.807) is 6.20 Å². The fourth-order valence-electron chi connectivity index (χ4n) is 3.19. The molecule has 116 valence electrons. The topological polar surface area (TPSA) is 61.0 Å². The van der Waals surface area contributed by atoms with Crippen molar-refractivity contribution in [1.82, 2.24) is 14.9 Å². The molecule has 5 heteroatoms. The SMILES string of the molecule is O=C(c1cccc2[nH]ccc12)N1CC[C@H](Nc2cccnc2)C1. The summed E-state index contributed by atoms with van der Waals surface area (Å²) in [7, 11) is 0. The first-order valence-electron chi connectivity index (χ1n) is 7.83. The van der Waals surface area contributed by atoms with Crippen molar-refractivity contribution >= 4 is 22.5 Å². The third kappa shape index (κ3) is 2.65. The van der Waals surface area contributed by atoms with E-state index in [-0.39, 0.29) is 11.9 Å². The molecule has 2 aromatic heterocycles. The van der Waals surface area contributed by atoms with Crippen LogP contribution in [0.1, 0.15) is 16.8 Å². The van der Waals surface area contributed by atoms with Crippen molar-refractivity contribution in [1.29, 1.82) is 0 Å². The van der Waals surface area contributed by atoms with Crippen LogP contribution in [0.25, 0.3) is 10.9 Å². The molecule has 3 heterocycles. The maximum atomic E-state index is 12.8. The molecular weight excluding hydrogens is 288 g/mol. The van der Waals surface area contributed by atoms with E-state index in [0.717, 1.165) is 35.1 Å². The Balaban J connectivity index is 1.49. The summed E-state index contributed by atoms with van der Waals surface area (Å²) in [5, 5.41) is 4.43. The number of anilines is 1. The van der Waals surface area contributed by atoms with E-state index in [4.69, 9.17) is 0 Å². The Morgan fingerprint density at radius 1 is 1.26 bits per heavy atom. The van der Waals surface area contributed by atoms with Crippen molar-refractivity contribution in [3.05, 3.63) is 60.6 Å². The molecule has 4 rings (SSSR count). The molecule has 0 aliphatic carbocycles. The number of rotatable bonds is 3. The lowest BCUT2D eigenvalue weighted by atomic mass is 10.1. The zero-order valence-electron chi connectivity index (χ0n) is 12.7. The van der Waals surface area contributed by atoms with Crippen LogP contribution in [0, 0.1) is 0 Å². The van der Waals surface area contributed by atoms with Gasteiger partial charge in [0.1, 0.15) is 0 Å². The van der Waals surface area contributed by atoms with Gasteiger partial charge < -0.3 is 15.2 Å². The average molecular weight is 306 g/mol. The van der Waals surface area contributed by atoms with Gasteiger partial charge in [-0.15, -0.1) is 0 Å². The molecule has 1 aliphatic heterocycles. The summed E-state index contributed by atoms with van der Waals surface area (Å²) in [5.74, 6) is 0.102. The van der Waals surface area contributed by atoms with Crippen molar-refractivity contribution in [3.63, 3.8) is 0 Å². The lowest BCUT2D eigenvalue weighted by Crippen LogP contribution is -2.31. The molecule has 1 amide bonds. The lowest BCUT2D eigenvalue weighted by Gasteiger charge is -2.18. The van der Waals surface area contributed by atoms with Crippen LogP contribution < -0.4 is 5.32 Å². The minimum absolute atomic E-state index is 0.102. The standard InChI is InChI=1S/C18H18N4O/c23-18(16-4-1-5-17-15(16)6-9-20-17)22-10-7-14(12-22)21-13-3-2-8-19-11-13/h1-6,8-9,11,14,20-21H,7,10,12H2/t14-/m0/s1.